The normalized spacial score (nSPS) is 18.6. The highest BCUT2D eigenvalue weighted by Gasteiger charge is 2.35. The van der Waals surface area contributed by atoms with Gasteiger partial charge in [0.15, 0.2) is 0 Å². The third-order valence-corrected chi connectivity index (χ3v) is 7.81. The van der Waals surface area contributed by atoms with E-state index in [1.807, 2.05) is 37.3 Å². The molecule has 10 nitrogen and oxygen atoms in total. The van der Waals surface area contributed by atoms with Gasteiger partial charge in [0.2, 0.25) is 5.95 Å². The molecule has 0 spiro atoms. The molecule has 2 fully saturated rings. The lowest BCUT2D eigenvalue weighted by Gasteiger charge is -2.21. The van der Waals surface area contributed by atoms with Crippen LogP contribution in [0, 0.1) is 12.7 Å². The average molecular weight is 571 g/mol. The summed E-state index contributed by atoms with van der Waals surface area (Å²) in [5.41, 5.74) is 4.03. The lowest BCUT2D eigenvalue weighted by atomic mass is 9.94. The van der Waals surface area contributed by atoms with Gasteiger partial charge in [-0.3, -0.25) is 10.2 Å². The molecule has 0 unspecified atom stereocenters. The van der Waals surface area contributed by atoms with Gasteiger partial charge in [0.25, 0.3) is 0 Å². The van der Waals surface area contributed by atoms with Gasteiger partial charge in [-0.05, 0) is 49.6 Å². The monoisotopic (exact) mass is 570 g/mol. The van der Waals surface area contributed by atoms with Crippen molar-refractivity contribution in [2.75, 3.05) is 44.0 Å². The summed E-state index contributed by atoms with van der Waals surface area (Å²) in [6.07, 6.45) is 5.79. The summed E-state index contributed by atoms with van der Waals surface area (Å²) in [7, 11) is 1.68. The lowest BCUT2D eigenvalue weighted by molar-refractivity contribution is 0.159. The maximum atomic E-state index is 13.7. The van der Waals surface area contributed by atoms with Crippen molar-refractivity contribution in [1.82, 2.24) is 30.0 Å². The molecule has 218 valence electrons. The van der Waals surface area contributed by atoms with Crippen molar-refractivity contribution in [2.24, 2.45) is 0 Å². The molecule has 3 N–H and O–H groups in total. The number of para-hydroxylation sites is 1. The summed E-state index contributed by atoms with van der Waals surface area (Å²) in [5, 5.41) is 14.4. The van der Waals surface area contributed by atoms with E-state index < -0.39 is 0 Å². The molecule has 6 rings (SSSR count). The van der Waals surface area contributed by atoms with Crippen molar-refractivity contribution in [2.45, 2.75) is 37.8 Å². The van der Waals surface area contributed by atoms with Crippen molar-refractivity contribution in [3.8, 4) is 16.9 Å². The minimum atomic E-state index is -0.340. The number of urea groups is 1. The second kappa shape index (κ2) is 12.3. The van der Waals surface area contributed by atoms with E-state index in [1.54, 1.807) is 36.3 Å². The van der Waals surface area contributed by atoms with Gasteiger partial charge in [-0.25, -0.2) is 23.8 Å². The number of carbonyl (C=O) groups excluding carboxylic acids is 1. The summed E-state index contributed by atoms with van der Waals surface area (Å²) < 4.78 is 20.7. The highest BCUT2D eigenvalue weighted by atomic mass is 19.1. The lowest BCUT2D eigenvalue weighted by Crippen LogP contribution is -2.42. The van der Waals surface area contributed by atoms with Crippen molar-refractivity contribution in [3.05, 3.63) is 83.9 Å². The smallest absolute Gasteiger partial charge is 0.320 e. The number of rotatable bonds is 10. The fraction of sp³-hybridized carbons (Fsp3) is 0.355. The quantitative estimate of drug-likeness (QED) is 0.256. The van der Waals surface area contributed by atoms with E-state index in [0.717, 1.165) is 48.3 Å². The fourth-order valence-corrected chi connectivity index (χ4v) is 5.40. The predicted molar refractivity (Wildman–Crippen MR) is 159 cm³/mol. The van der Waals surface area contributed by atoms with E-state index in [-0.39, 0.29) is 23.8 Å². The van der Waals surface area contributed by atoms with E-state index in [0.29, 0.717) is 36.7 Å². The predicted octanol–water partition coefficient (Wildman–Crippen LogP) is 4.59. The van der Waals surface area contributed by atoms with Crippen LogP contribution in [0.4, 0.5) is 21.0 Å². The standard InChI is InChI=1S/C31H35FN8O2/c1-20-28(22-16-33-30(34-17-22)35-24-12-13-24)38-40(25-6-4-3-5-7-25)29(20)37-31(41)36-27-19-39(14-15-42-2)18-26(27)21-8-10-23(32)11-9-21/h3-11,16-17,24,26-27H,12-15,18-19H2,1-2H3,(H,33,34,35)(H2,36,37,41)/t26-,27+/m0/s1. The van der Waals surface area contributed by atoms with Gasteiger partial charge in [-0.15, -0.1) is 0 Å². The first-order valence-corrected chi connectivity index (χ1v) is 14.3. The summed E-state index contributed by atoms with van der Waals surface area (Å²) >= 11 is 0. The Kier molecular flexibility index (Phi) is 8.11. The Morgan fingerprint density at radius 1 is 1.05 bits per heavy atom. The van der Waals surface area contributed by atoms with Gasteiger partial charge < -0.3 is 15.4 Å². The van der Waals surface area contributed by atoms with Crippen LogP contribution in [0.15, 0.2) is 67.0 Å². The number of benzene rings is 2. The third-order valence-electron chi connectivity index (χ3n) is 7.81. The molecule has 11 heteroatoms. The van der Waals surface area contributed by atoms with Gasteiger partial charge >= 0.3 is 6.03 Å². The molecule has 2 aromatic heterocycles. The van der Waals surface area contributed by atoms with E-state index in [4.69, 9.17) is 9.84 Å². The van der Waals surface area contributed by atoms with Crippen molar-refractivity contribution in [3.63, 3.8) is 0 Å². The Bertz CT molecular complexity index is 1510. The van der Waals surface area contributed by atoms with E-state index >= 15 is 0 Å². The van der Waals surface area contributed by atoms with Crippen LogP contribution in [0.5, 0.6) is 0 Å². The fourth-order valence-electron chi connectivity index (χ4n) is 5.40. The number of amides is 2. The minimum absolute atomic E-state index is 0.00353. The number of anilines is 2. The van der Waals surface area contributed by atoms with Crippen LogP contribution in [-0.2, 0) is 4.74 Å². The number of aromatic nitrogens is 4. The topological polar surface area (TPSA) is 109 Å². The van der Waals surface area contributed by atoms with Crippen LogP contribution in [0.1, 0.15) is 29.9 Å². The largest absolute Gasteiger partial charge is 0.383 e. The highest BCUT2D eigenvalue weighted by Crippen LogP contribution is 2.32. The molecule has 4 aromatic rings. The van der Waals surface area contributed by atoms with E-state index in [9.17, 15) is 9.18 Å². The molecule has 3 heterocycles. The average Bonchev–Trinajstić information content (AvgIpc) is 3.65. The summed E-state index contributed by atoms with van der Waals surface area (Å²) in [6, 6.07) is 16.1. The number of nitrogens with zero attached hydrogens (tertiary/aromatic N) is 5. The first kappa shape index (κ1) is 27.8. The molecule has 1 aliphatic carbocycles. The number of likely N-dealkylation sites (tertiary alicyclic amines) is 1. The summed E-state index contributed by atoms with van der Waals surface area (Å²) in [6.45, 7) is 4.65. The number of carbonyl (C=O) groups is 1. The minimum Gasteiger partial charge on any atom is -0.383 e. The Morgan fingerprint density at radius 2 is 1.79 bits per heavy atom. The molecular formula is C31H35FN8O2. The van der Waals surface area contributed by atoms with Crippen molar-refractivity contribution >= 4 is 17.8 Å². The Morgan fingerprint density at radius 3 is 2.48 bits per heavy atom. The number of hydrogen-bond acceptors (Lipinski definition) is 7. The van der Waals surface area contributed by atoms with Crippen LogP contribution >= 0.6 is 0 Å². The van der Waals surface area contributed by atoms with Gasteiger partial charge in [0.1, 0.15) is 17.3 Å². The van der Waals surface area contributed by atoms with E-state index in [2.05, 4.69) is 30.8 Å². The number of hydrogen-bond donors (Lipinski definition) is 3. The molecule has 42 heavy (non-hydrogen) atoms. The van der Waals surface area contributed by atoms with Crippen molar-refractivity contribution < 1.29 is 13.9 Å². The third kappa shape index (κ3) is 6.27. The Labute approximate surface area is 244 Å². The molecule has 1 saturated heterocycles. The van der Waals surface area contributed by atoms with Gasteiger partial charge in [-0.1, -0.05) is 30.3 Å². The molecule has 2 atom stereocenters. The van der Waals surface area contributed by atoms with Crippen molar-refractivity contribution in [1.29, 1.82) is 0 Å². The van der Waals surface area contributed by atoms with Crippen LogP contribution in [0.25, 0.3) is 16.9 Å². The van der Waals surface area contributed by atoms with Crippen LogP contribution in [-0.4, -0.2) is 76.1 Å². The number of ether oxygens (including phenoxy) is 1. The molecule has 0 radical (unpaired) electrons. The molecule has 2 aliphatic rings. The first-order chi connectivity index (χ1) is 20.5. The summed E-state index contributed by atoms with van der Waals surface area (Å²) in [4.78, 5) is 24.8. The zero-order valence-corrected chi connectivity index (χ0v) is 23.8. The first-order valence-electron chi connectivity index (χ1n) is 14.3. The number of nitrogens with one attached hydrogen (secondary N) is 3. The molecular weight excluding hydrogens is 535 g/mol. The number of halogens is 1. The zero-order valence-electron chi connectivity index (χ0n) is 23.8. The van der Waals surface area contributed by atoms with E-state index in [1.165, 1.54) is 12.1 Å². The van der Waals surface area contributed by atoms with Crippen LogP contribution in [0.3, 0.4) is 0 Å². The second-order valence-electron chi connectivity index (χ2n) is 10.9. The molecule has 0 bridgehead atoms. The summed E-state index contributed by atoms with van der Waals surface area (Å²) in [5.74, 6) is 0.881. The van der Waals surface area contributed by atoms with Crippen LogP contribution < -0.4 is 16.0 Å². The molecule has 2 aromatic carbocycles. The van der Waals surface area contributed by atoms with Gasteiger partial charge in [0.05, 0.1) is 18.3 Å². The molecule has 1 saturated carbocycles. The maximum absolute atomic E-state index is 13.7. The van der Waals surface area contributed by atoms with Gasteiger partial charge in [0, 0.05) is 62.2 Å². The second-order valence-corrected chi connectivity index (χ2v) is 10.9. The Hall–Kier alpha value is -4.35. The Balaban J connectivity index is 1.25. The zero-order chi connectivity index (χ0) is 29.1. The highest BCUT2D eigenvalue weighted by molar-refractivity contribution is 5.91. The molecule has 2 amide bonds. The SMILES string of the molecule is COCCN1C[C@@H](NC(=O)Nc2c(C)c(-c3cnc(NC4CC4)nc3)nn2-c2ccccc2)[C@H](c2ccc(F)cc2)C1. The number of methoxy groups -OCH3 is 1. The maximum Gasteiger partial charge on any atom is 0.320 e. The van der Waals surface area contributed by atoms with Gasteiger partial charge in [-0.2, -0.15) is 5.10 Å². The molecule has 1 aliphatic heterocycles. The van der Waals surface area contributed by atoms with Crippen LogP contribution in [0.2, 0.25) is 0 Å².